The average molecular weight is 910 g/mol. The fourth-order valence-corrected chi connectivity index (χ4v) is 9.49. The Morgan fingerprint density at radius 1 is 1.08 bits per heavy atom. The lowest BCUT2D eigenvalue weighted by Crippen LogP contribution is -2.56. The normalized spacial score (nSPS) is 22.7. The molecule has 4 amide bonds. The Balaban J connectivity index is 1.30. The van der Waals surface area contributed by atoms with Crippen molar-refractivity contribution in [1.29, 1.82) is 0 Å². The van der Waals surface area contributed by atoms with Crippen molar-refractivity contribution in [2.75, 3.05) is 13.7 Å². The first-order valence-corrected chi connectivity index (χ1v) is 23.0. The lowest BCUT2D eigenvalue weighted by Gasteiger charge is -2.33. The number of hydrogen-bond donors (Lipinski definition) is 3. The van der Waals surface area contributed by atoms with Crippen LogP contribution < -0.4 is 30.0 Å². The Bertz CT molecular complexity index is 2150. The molecule has 15 nitrogen and oxygen atoms in total. The molecule has 2 aliphatic carbocycles. The van der Waals surface area contributed by atoms with E-state index in [0.29, 0.717) is 68.9 Å². The molecular weight excluding hydrogens is 848 g/mol. The van der Waals surface area contributed by atoms with Gasteiger partial charge in [-0.25, -0.2) is 13.2 Å². The van der Waals surface area contributed by atoms with E-state index in [1.807, 2.05) is 32.9 Å². The number of nitrogens with zero attached hydrogens (tertiary/aromatic N) is 2. The second-order valence-corrected chi connectivity index (χ2v) is 20.6. The number of sulfonamides is 1. The van der Waals surface area contributed by atoms with Gasteiger partial charge in [0.1, 0.15) is 23.9 Å². The molecule has 5 rings (SSSR count). The summed E-state index contributed by atoms with van der Waals surface area (Å²) < 4.78 is 90.4. The van der Waals surface area contributed by atoms with Crippen LogP contribution in [0.2, 0.25) is 0 Å². The minimum Gasteiger partial charge on any atom is -0.497 e. The van der Waals surface area contributed by atoms with Gasteiger partial charge in [-0.05, 0) is 121 Å². The molecule has 1 aliphatic heterocycles. The standard InChI is InChI=1S/C44H62F3N5O10S/c1-25(2)60-35-22-29-21-30(59-8)16-17-33(29)39(49-35)61-31-23-34(37(48)53)52(24-31)40(55)36(50-41(56)62-42(5,6)44(45,46)47)27(4)20-26(3)12-9-10-13-28-14-11-15-32(28)38(54)51-63(57,58)43(7)18-19-43/h10,13,16-17,21-22,25-28,31-32,34,36H,9,11-12,14-15,18-20,23-24H2,1-8H3,(H2,48,53)(H,50,56)(H,51,54)/b13-10-/t26-,27-,28-,31-,32?,34+,36+/m1/s1. The Morgan fingerprint density at radius 3 is 2.40 bits per heavy atom. The Morgan fingerprint density at radius 2 is 1.78 bits per heavy atom. The van der Waals surface area contributed by atoms with E-state index in [9.17, 15) is 40.8 Å². The minimum atomic E-state index is -4.91. The van der Waals surface area contributed by atoms with E-state index in [1.165, 1.54) is 12.0 Å². The Kier molecular flexibility index (Phi) is 15.2. The van der Waals surface area contributed by atoms with Crippen LogP contribution in [0.15, 0.2) is 36.4 Å². The molecule has 3 aliphatic rings. The van der Waals surface area contributed by atoms with Gasteiger partial charge >= 0.3 is 12.3 Å². The van der Waals surface area contributed by atoms with E-state index in [1.54, 1.807) is 38.1 Å². The molecule has 2 saturated carbocycles. The monoisotopic (exact) mass is 909 g/mol. The van der Waals surface area contributed by atoms with E-state index in [-0.39, 0.29) is 42.7 Å². The third-order valence-corrected chi connectivity index (χ3v) is 14.5. The number of ether oxygens (including phenoxy) is 4. The highest BCUT2D eigenvalue weighted by Gasteiger charge is 2.53. The van der Waals surface area contributed by atoms with Crippen molar-refractivity contribution in [1.82, 2.24) is 19.9 Å². The van der Waals surface area contributed by atoms with Crippen molar-refractivity contribution in [2.24, 2.45) is 29.4 Å². The van der Waals surface area contributed by atoms with Crippen molar-refractivity contribution in [3.63, 3.8) is 0 Å². The van der Waals surface area contributed by atoms with Crippen molar-refractivity contribution in [2.45, 2.75) is 147 Å². The van der Waals surface area contributed by atoms with E-state index in [2.05, 4.69) is 15.0 Å². The molecule has 0 radical (unpaired) electrons. The highest BCUT2D eigenvalue weighted by molar-refractivity contribution is 7.91. The number of hydrogen-bond acceptors (Lipinski definition) is 11. The zero-order valence-corrected chi connectivity index (χ0v) is 38.1. The molecule has 1 aromatic carbocycles. The third-order valence-electron chi connectivity index (χ3n) is 12.4. The molecule has 7 atom stereocenters. The molecule has 1 aromatic heterocycles. The molecular formula is C44H62F3N5O10S. The number of amides is 4. The number of halogens is 3. The predicted molar refractivity (Wildman–Crippen MR) is 228 cm³/mol. The average Bonchev–Trinajstić information content (AvgIpc) is 3.56. The summed E-state index contributed by atoms with van der Waals surface area (Å²) in [6, 6.07) is 4.37. The quantitative estimate of drug-likeness (QED) is 0.126. The number of fused-ring (bicyclic) bond motifs is 1. The number of allylic oxidation sites excluding steroid dienone is 2. The highest BCUT2D eigenvalue weighted by atomic mass is 32.2. The second-order valence-electron chi connectivity index (χ2n) is 18.4. The maximum Gasteiger partial charge on any atom is 0.427 e. The first-order valence-electron chi connectivity index (χ1n) is 21.6. The van der Waals surface area contributed by atoms with Gasteiger partial charge in [0.05, 0.1) is 24.5 Å². The van der Waals surface area contributed by atoms with Gasteiger partial charge in [-0.3, -0.25) is 19.1 Å². The number of alkyl halides is 3. The molecule has 4 N–H and O–H groups in total. The summed E-state index contributed by atoms with van der Waals surface area (Å²) in [6.07, 6.45) is 1.11. The summed E-state index contributed by atoms with van der Waals surface area (Å²) in [4.78, 5) is 59.3. The van der Waals surface area contributed by atoms with Gasteiger partial charge in [-0.2, -0.15) is 18.2 Å². The predicted octanol–water partition coefficient (Wildman–Crippen LogP) is 6.71. The van der Waals surface area contributed by atoms with Gasteiger partial charge in [0.2, 0.25) is 45.1 Å². The highest BCUT2D eigenvalue weighted by Crippen LogP contribution is 2.43. The summed E-state index contributed by atoms with van der Waals surface area (Å²) >= 11 is 0. The number of primary amides is 1. The summed E-state index contributed by atoms with van der Waals surface area (Å²) in [7, 11) is -2.22. The first-order chi connectivity index (χ1) is 29.3. The number of pyridine rings is 1. The maximum atomic E-state index is 14.5. The number of rotatable bonds is 19. The molecule has 0 spiro atoms. The fraction of sp³-hybridized carbons (Fsp3) is 0.659. The van der Waals surface area contributed by atoms with Crippen molar-refractivity contribution in [3.05, 3.63) is 36.4 Å². The lowest BCUT2D eigenvalue weighted by molar-refractivity contribution is -0.244. The number of aromatic nitrogens is 1. The van der Waals surface area contributed by atoms with Gasteiger partial charge in [0, 0.05) is 23.8 Å². The van der Waals surface area contributed by atoms with E-state index < -0.39 is 80.4 Å². The largest absolute Gasteiger partial charge is 0.497 e. The van der Waals surface area contributed by atoms with Crippen molar-refractivity contribution in [3.8, 4) is 17.5 Å². The Hall–Kier alpha value is -4.81. The van der Waals surface area contributed by atoms with Crippen molar-refractivity contribution >= 4 is 44.6 Å². The number of likely N-dealkylation sites (tertiary alicyclic amines) is 1. The molecule has 19 heteroatoms. The number of carbonyl (C=O) groups excluding carboxylic acids is 4. The van der Waals surface area contributed by atoms with Crippen molar-refractivity contribution < 1.29 is 59.7 Å². The van der Waals surface area contributed by atoms with Crippen LogP contribution in [0.5, 0.6) is 17.5 Å². The smallest absolute Gasteiger partial charge is 0.427 e. The van der Waals surface area contributed by atoms with Crippen LogP contribution in [0.1, 0.15) is 106 Å². The minimum absolute atomic E-state index is 0.0379. The van der Waals surface area contributed by atoms with Crippen LogP contribution in [0.4, 0.5) is 18.0 Å². The van der Waals surface area contributed by atoms with Crippen LogP contribution in [-0.4, -0.2) is 96.6 Å². The summed E-state index contributed by atoms with van der Waals surface area (Å²) in [5.74, 6) is -2.40. The molecule has 0 bridgehead atoms. The van der Waals surface area contributed by atoms with Crippen LogP contribution in [0.3, 0.4) is 0 Å². The van der Waals surface area contributed by atoms with Crippen LogP contribution in [0.25, 0.3) is 10.8 Å². The number of nitrogens with one attached hydrogen (secondary N) is 2. The van der Waals surface area contributed by atoms with Gasteiger partial charge in [-0.1, -0.05) is 32.4 Å². The molecule has 1 unspecified atom stereocenters. The molecule has 3 fully saturated rings. The fourth-order valence-electron chi connectivity index (χ4n) is 8.19. The number of methoxy groups -OCH3 is 1. The molecule has 2 heterocycles. The van der Waals surface area contributed by atoms with Crippen LogP contribution in [-0.2, 0) is 29.1 Å². The topological polar surface area (TPSA) is 206 Å². The van der Waals surface area contributed by atoms with E-state index >= 15 is 0 Å². The number of carbonyl (C=O) groups is 4. The SMILES string of the molecule is COc1ccc2c(O[C@@H]3C[C@@H](C(N)=O)N(C(=O)[C@@H](NC(=O)OC(C)(C)C(F)(F)F)[C@H](C)C[C@H](C)CC/C=C\[C@@H]4CCCC4C(=O)NS(=O)(=O)C4(C)CC4)C3)nc(OC(C)C)cc2c1. The summed E-state index contributed by atoms with van der Waals surface area (Å²) in [6.45, 7) is 10.1. The number of nitrogens with two attached hydrogens (primary N) is 1. The summed E-state index contributed by atoms with van der Waals surface area (Å²) in [5.41, 5.74) is 2.94. The van der Waals surface area contributed by atoms with Gasteiger partial charge < -0.3 is 34.9 Å². The van der Waals surface area contributed by atoms with Crippen LogP contribution in [0, 0.1) is 23.7 Å². The van der Waals surface area contributed by atoms with Gasteiger partial charge in [0.25, 0.3) is 0 Å². The second kappa shape index (κ2) is 19.5. The molecule has 1 saturated heterocycles. The molecule has 2 aromatic rings. The molecule has 350 valence electrons. The first kappa shape index (κ1) is 49.2. The maximum absolute atomic E-state index is 14.5. The third kappa shape index (κ3) is 12.1. The Labute approximate surface area is 367 Å². The zero-order valence-electron chi connectivity index (χ0n) is 37.3. The lowest BCUT2D eigenvalue weighted by atomic mass is 9.87. The zero-order chi connectivity index (χ0) is 46.7. The summed E-state index contributed by atoms with van der Waals surface area (Å²) in [5, 5.41) is 3.67. The van der Waals surface area contributed by atoms with E-state index in [0.717, 1.165) is 12.8 Å². The van der Waals surface area contributed by atoms with Gasteiger partial charge in [-0.15, -0.1) is 0 Å². The van der Waals surface area contributed by atoms with Crippen LogP contribution >= 0.6 is 0 Å². The van der Waals surface area contributed by atoms with E-state index in [4.69, 9.17) is 24.7 Å². The van der Waals surface area contributed by atoms with Gasteiger partial charge in [0.15, 0.2) is 0 Å². The number of alkyl carbamates (subject to hydrolysis) is 1. The molecule has 63 heavy (non-hydrogen) atoms. The number of benzene rings is 1.